The van der Waals surface area contributed by atoms with Crippen LogP contribution < -0.4 is 0 Å². The topological polar surface area (TPSA) is 29.6 Å². The molecule has 18 heavy (non-hydrogen) atoms. The van der Waals surface area contributed by atoms with Crippen LogP contribution in [0.25, 0.3) is 0 Å². The molecule has 0 amide bonds. The first-order valence-corrected chi connectivity index (χ1v) is 6.04. The number of ketones is 1. The van der Waals surface area contributed by atoms with Crippen molar-refractivity contribution in [3.05, 3.63) is 71.8 Å². The Balaban J connectivity index is 1.85. The Morgan fingerprint density at radius 2 is 1.56 bits per heavy atom. The molecule has 2 aromatic rings. The average molecular weight is 238 g/mol. The van der Waals surface area contributed by atoms with Crippen LogP contribution in [0, 0.1) is 0 Å². The fourth-order valence-electron chi connectivity index (χ4n) is 2.27. The predicted molar refractivity (Wildman–Crippen MR) is 69.4 cm³/mol. The number of carbonyl (C=O) groups is 1. The van der Waals surface area contributed by atoms with Crippen molar-refractivity contribution >= 4 is 5.78 Å². The van der Waals surface area contributed by atoms with E-state index in [2.05, 4.69) is 0 Å². The molecule has 3 rings (SSSR count). The zero-order valence-electron chi connectivity index (χ0n) is 10.2. The molecular formula is C16H14O2. The van der Waals surface area contributed by atoms with Crippen LogP contribution in [0.15, 0.2) is 60.7 Å². The second-order valence-electron chi connectivity index (χ2n) is 4.71. The number of Topliss-reactive ketones (excluding diaryl/α,β-unsaturated/α-hetero) is 1. The van der Waals surface area contributed by atoms with Crippen LogP contribution in [0.5, 0.6) is 0 Å². The first-order chi connectivity index (χ1) is 8.72. The van der Waals surface area contributed by atoms with Crippen molar-refractivity contribution < 1.29 is 9.53 Å². The molecule has 2 nitrogen and oxygen atoms in total. The quantitative estimate of drug-likeness (QED) is 0.606. The van der Waals surface area contributed by atoms with E-state index in [-0.39, 0.29) is 11.9 Å². The second kappa shape index (κ2) is 4.07. The van der Waals surface area contributed by atoms with Gasteiger partial charge in [-0.1, -0.05) is 60.7 Å². The van der Waals surface area contributed by atoms with Crippen LogP contribution in [0.4, 0.5) is 0 Å². The third-order valence-corrected chi connectivity index (χ3v) is 3.39. The van der Waals surface area contributed by atoms with Gasteiger partial charge in [0, 0.05) is 5.56 Å². The second-order valence-corrected chi connectivity index (χ2v) is 4.71. The van der Waals surface area contributed by atoms with E-state index in [1.54, 1.807) is 0 Å². The Morgan fingerprint density at radius 1 is 1.00 bits per heavy atom. The Bertz CT molecular complexity index is 562. The first kappa shape index (κ1) is 11.2. The lowest BCUT2D eigenvalue weighted by Gasteiger charge is -2.05. The molecule has 0 bridgehead atoms. The van der Waals surface area contributed by atoms with Crippen LogP contribution in [0.1, 0.15) is 28.9 Å². The smallest absolute Gasteiger partial charge is 0.197 e. The lowest BCUT2D eigenvalue weighted by Crippen LogP contribution is -2.21. The molecule has 2 unspecified atom stereocenters. The minimum atomic E-state index is -0.706. The highest BCUT2D eigenvalue weighted by Crippen LogP contribution is 2.50. The normalized spacial score (nSPS) is 25.7. The van der Waals surface area contributed by atoms with Crippen molar-refractivity contribution in [3.8, 4) is 0 Å². The maximum Gasteiger partial charge on any atom is 0.197 e. The maximum atomic E-state index is 12.4. The van der Waals surface area contributed by atoms with E-state index in [9.17, 15) is 4.79 Å². The molecule has 90 valence electrons. The van der Waals surface area contributed by atoms with Gasteiger partial charge in [-0.2, -0.15) is 0 Å². The SMILES string of the molecule is CC1(C(=O)c2ccccc2)OC1c1ccccc1. The highest BCUT2D eigenvalue weighted by Gasteiger charge is 2.58. The number of hydrogen-bond donors (Lipinski definition) is 0. The molecule has 0 saturated carbocycles. The Morgan fingerprint density at radius 3 is 2.17 bits per heavy atom. The van der Waals surface area contributed by atoms with Gasteiger partial charge in [0.15, 0.2) is 11.4 Å². The number of carbonyl (C=O) groups excluding carboxylic acids is 1. The van der Waals surface area contributed by atoms with Gasteiger partial charge in [0.1, 0.15) is 6.10 Å². The van der Waals surface area contributed by atoms with Gasteiger partial charge in [-0.25, -0.2) is 0 Å². The Kier molecular flexibility index (Phi) is 2.53. The zero-order chi connectivity index (χ0) is 12.6. The molecule has 2 aromatic carbocycles. The van der Waals surface area contributed by atoms with Gasteiger partial charge in [-0.3, -0.25) is 4.79 Å². The van der Waals surface area contributed by atoms with Crippen molar-refractivity contribution in [1.82, 2.24) is 0 Å². The Labute approximate surface area is 106 Å². The summed E-state index contributed by atoms with van der Waals surface area (Å²) in [5, 5.41) is 0. The van der Waals surface area contributed by atoms with E-state index in [0.29, 0.717) is 5.56 Å². The van der Waals surface area contributed by atoms with Crippen LogP contribution in [0.3, 0.4) is 0 Å². The van der Waals surface area contributed by atoms with Gasteiger partial charge in [0.05, 0.1) is 0 Å². The molecule has 0 radical (unpaired) electrons. The average Bonchev–Trinajstić information content (AvgIpc) is 3.14. The third kappa shape index (κ3) is 1.75. The van der Waals surface area contributed by atoms with E-state index in [4.69, 9.17) is 4.74 Å². The Hall–Kier alpha value is -1.93. The summed E-state index contributed by atoms with van der Waals surface area (Å²) < 4.78 is 5.66. The highest BCUT2D eigenvalue weighted by molar-refractivity contribution is 6.04. The third-order valence-electron chi connectivity index (χ3n) is 3.39. The number of benzene rings is 2. The van der Waals surface area contributed by atoms with Crippen molar-refractivity contribution in [2.24, 2.45) is 0 Å². The molecule has 2 atom stereocenters. The number of hydrogen-bond acceptors (Lipinski definition) is 2. The maximum absolute atomic E-state index is 12.4. The molecule has 2 heteroatoms. The molecule has 1 fully saturated rings. The summed E-state index contributed by atoms with van der Waals surface area (Å²) in [6.07, 6.45) is -0.119. The van der Waals surface area contributed by atoms with Gasteiger partial charge in [0.25, 0.3) is 0 Å². The highest BCUT2D eigenvalue weighted by atomic mass is 16.6. The number of epoxide rings is 1. The molecule has 0 aromatic heterocycles. The lowest BCUT2D eigenvalue weighted by atomic mass is 9.93. The van der Waals surface area contributed by atoms with Crippen molar-refractivity contribution in [3.63, 3.8) is 0 Å². The van der Waals surface area contributed by atoms with Crippen LogP contribution >= 0.6 is 0 Å². The molecule has 0 N–H and O–H groups in total. The van der Waals surface area contributed by atoms with Crippen molar-refractivity contribution in [2.75, 3.05) is 0 Å². The fourth-order valence-corrected chi connectivity index (χ4v) is 2.27. The molecule has 1 heterocycles. The summed E-state index contributed by atoms with van der Waals surface area (Å²) in [6, 6.07) is 19.2. The molecule has 0 spiro atoms. The standard InChI is InChI=1S/C16H14O2/c1-16(14(17)12-8-4-2-5-9-12)15(18-16)13-10-6-3-7-11-13/h2-11,15H,1H3. The summed E-state index contributed by atoms with van der Waals surface area (Å²) in [6.45, 7) is 1.86. The van der Waals surface area contributed by atoms with Gasteiger partial charge >= 0.3 is 0 Å². The van der Waals surface area contributed by atoms with E-state index >= 15 is 0 Å². The molecule has 1 aliphatic heterocycles. The fraction of sp³-hybridized carbons (Fsp3) is 0.188. The van der Waals surface area contributed by atoms with E-state index in [1.807, 2.05) is 67.6 Å². The predicted octanol–water partition coefficient (Wildman–Crippen LogP) is 3.40. The van der Waals surface area contributed by atoms with Gasteiger partial charge < -0.3 is 4.74 Å². The van der Waals surface area contributed by atoms with E-state index < -0.39 is 5.60 Å². The van der Waals surface area contributed by atoms with E-state index in [1.165, 1.54) is 0 Å². The zero-order valence-corrected chi connectivity index (χ0v) is 10.2. The summed E-state index contributed by atoms with van der Waals surface area (Å²) in [5.74, 6) is 0.0527. The molecule has 1 saturated heterocycles. The van der Waals surface area contributed by atoms with Gasteiger partial charge in [0.2, 0.25) is 0 Å². The van der Waals surface area contributed by atoms with Crippen molar-refractivity contribution in [2.45, 2.75) is 18.6 Å². The van der Waals surface area contributed by atoms with Crippen LogP contribution in [-0.2, 0) is 4.74 Å². The largest absolute Gasteiger partial charge is 0.353 e. The number of rotatable bonds is 3. The molecule has 1 aliphatic rings. The minimum absolute atomic E-state index is 0.0527. The number of ether oxygens (including phenoxy) is 1. The monoisotopic (exact) mass is 238 g/mol. The summed E-state index contributed by atoms with van der Waals surface area (Å²) in [7, 11) is 0. The summed E-state index contributed by atoms with van der Waals surface area (Å²) in [4.78, 5) is 12.4. The van der Waals surface area contributed by atoms with Gasteiger partial charge in [-0.05, 0) is 12.5 Å². The van der Waals surface area contributed by atoms with E-state index in [0.717, 1.165) is 5.56 Å². The van der Waals surface area contributed by atoms with Crippen LogP contribution in [0.2, 0.25) is 0 Å². The summed E-state index contributed by atoms with van der Waals surface area (Å²) >= 11 is 0. The first-order valence-electron chi connectivity index (χ1n) is 6.04. The van der Waals surface area contributed by atoms with Crippen LogP contribution in [-0.4, -0.2) is 11.4 Å². The van der Waals surface area contributed by atoms with Gasteiger partial charge in [-0.15, -0.1) is 0 Å². The lowest BCUT2D eigenvalue weighted by molar-refractivity contribution is 0.0888. The molecule has 0 aliphatic carbocycles. The van der Waals surface area contributed by atoms with Crippen molar-refractivity contribution in [1.29, 1.82) is 0 Å². The molecular weight excluding hydrogens is 224 g/mol. The summed E-state index contributed by atoms with van der Waals surface area (Å²) in [5.41, 5.74) is 1.06. The minimum Gasteiger partial charge on any atom is -0.353 e.